The fraction of sp³-hybridized carbons (Fsp3) is 0.429. The molecule has 5 nitrogen and oxygen atoms in total. The molecule has 0 atom stereocenters. The number of hydrogen-bond acceptors (Lipinski definition) is 5. The molecular weight excluding hydrogens is 248 g/mol. The zero-order chi connectivity index (χ0) is 13.9. The van der Waals surface area contributed by atoms with E-state index in [9.17, 15) is 9.59 Å². The van der Waals surface area contributed by atoms with Crippen molar-refractivity contribution < 1.29 is 23.8 Å². The Kier molecular flexibility index (Phi) is 7.09. The Bertz CT molecular complexity index is 388. The maximum absolute atomic E-state index is 11.4. The van der Waals surface area contributed by atoms with Crippen molar-refractivity contribution in [3.8, 4) is 0 Å². The first-order chi connectivity index (χ1) is 9.22. The molecule has 0 N–H and O–H groups in total. The second-order valence-corrected chi connectivity index (χ2v) is 3.84. The third-order valence-electron chi connectivity index (χ3n) is 2.19. The van der Waals surface area contributed by atoms with E-state index in [1.807, 2.05) is 37.3 Å². The van der Waals surface area contributed by atoms with E-state index in [1.165, 1.54) is 0 Å². The highest BCUT2D eigenvalue weighted by atomic mass is 16.7. The molecule has 0 radical (unpaired) electrons. The van der Waals surface area contributed by atoms with Gasteiger partial charge in [0.15, 0.2) is 0 Å². The van der Waals surface area contributed by atoms with Crippen LogP contribution in [0, 0.1) is 0 Å². The van der Waals surface area contributed by atoms with Gasteiger partial charge in [-0.1, -0.05) is 37.3 Å². The molecule has 0 saturated heterocycles. The minimum absolute atomic E-state index is 0.0219. The summed E-state index contributed by atoms with van der Waals surface area (Å²) in [6.07, 6.45) is 0.000137. The highest BCUT2D eigenvalue weighted by molar-refractivity contribution is 5.70. The number of esters is 1. The summed E-state index contributed by atoms with van der Waals surface area (Å²) in [4.78, 5) is 22.3. The molecule has 0 amide bonds. The SMILES string of the molecule is CCCOC(=O)OCCC(=O)OCc1ccccc1. The van der Waals surface area contributed by atoms with Crippen LogP contribution in [0.3, 0.4) is 0 Å². The van der Waals surface area contributed by atoms with Crippen LogP contribution in [0.25, 0.3) is 0 Å². The van der Waals surface area contributed by atoms with Gasteiger partial charge < -0.3 is 14.2 Å². The second kappa shape index (κ2) is 8.97. The largest absolute Gasteiger partial charge is 0.508 e. The van der Waals surface area contributed by atoms with Crippen molar-refractivity contribution in [3.05, 3.63) is 35.9 Å². The van der Waals surface area contributed by atoms with Crippen LogP contribution in [0.4, 0.5) is 4.79 Å². The van der Waals surface area contributed by atoms with E-state index < -0.39 is 12.1 Å². The van der Waals surface area contributed by atoms with E-state index in [1.54, 1.807) is 0 Å². The van der Waals surface area contributed by atoms with Crippen LogP contribution in [0.5, 0.6) is 0 Å². The molecule has 1 aromatic carbocycles. The van der Waals surface area contributed by atoms with E-state index in [0.717, 1.165) is 12.0 Å². The van der Waals surface area contributed by atoms with Gasteiger partial charge in [0.1, 0.15) is 13.2 Å². The molecule has 0 aliphatic carbocycles. The van der Waals surface area contributed by atoms with Crippen molar-refractivity contribution >= 4 is 12.1 Å². The number of rotatable bonds is 7. The van der Waals surface area contributed by atoms with Gasteiger partial charge in [-0.25, -0.2) is 4.79 Å². The monoisotopic (exact) mass is 266 g/mol. The van der Waals surface area contributed by atoms with Gasteiger partial charge >= 0.3 is 12.1 Å². The predicted molar refractivity (Wildman–Crippen MR) is 68.4 cm³/mol. The number of ether oxygens (including phenoxy) is 3. The van der Waals surface area contributed by atoms with Crippen LogP contribution in [0.1, 0.15) is 25.3 Å². The van der Waals surface area contributed by atoms with Gasteiger partial charge in [0.25, 0.3) is 0 Å². The summed E-state index contributed by atoms with van der Waals surface area (Å²) in [5.41, 5.74) is 0.916. The Hall–Kier alpha value is -2.04. The topological polar surface area (TPSA) is 61.8 Å². The Morgan fingerprint density at radius 3 is 2.37 bits per heavy atom. The van der Waals surface area contributed by atoms with E-state index >= 15 is 0 Å². The molecule has 1 rings (SSSR count). The average molecular weight is 266 g/mol. The van der Waals surface area contributed by atoms with Crippen LogP contribution in [-0.4, -0.2) is 25.3 Å². The molecule has 0 spiro atoms. The lowest BCUT2D eigenvalue weighted by Crippen LogP contribution is -2.13. The number of hydrogen-bond donors (Lipinski definition) is 0. The summed E-state index contributed by atoms with van der Waals surface area (Å²) < 4.78 is 14.4. The van der Waals surface area contributed by atoms with Crippen LogP contribution in [0.2, 0.25) is 0 Å². The molecular formula is C14H18O5. The Balaban J connectivity index is 2.10. The summed E-state index contributed by atoms with van der Waals surface area (Å²) in [7, 11) is 0. The maximum atomic E-state index is 11.4. The van der Waals surface area contributed by atoms with Gasteiger partial charge in [-0.2, -0.15) is 0 Å². The van der Waals surface area contributed by atoms with Crippen LogP contribution >= 0.6 is 0 Å². The normalized spacial score (nSPS) is 9.74. The molecule has 0 aliphatic heterocycles. The molecule has 0 fully saturated rings. The molecule has 1 aromatic rings. The minimum Gasteiger partial charge on any atom is -0.461 e. The van der Waals surface area contributed by atoms with Gasteiger partial charge in [0, 0.05) is 0 Å². The molecule has 0 aromatic heterocycles. The van der Waals surface area contributed by atoms with Crippen molar-refractivity contribution in [1.82, 2.24) is 0 Å². The van der Waals surface area contributed by atoms with E-state index in [0.29, 0.717) is 6.61 Å². The van der Waals surface area contributed by atoms with Crippen LogP contribution in [-0.2, 0) is 25.6 Å². The summed E-state index contributed by atoms with van der Waals surface area (Å²) in [6, 6.07) is 9.37. The second-order valence-electron chi connectivity index (χ2n) is 3.84. The molecule has 5 heteroatoms. The van der Waals surface area contributed by atoms with Crippen molar-refractivity contribution in [2.24, 2.45) is 0 Å². The smallest absolute Gasteiger partial charge is 0.461 e. The first kappa shape index (κ1) is 15.0. The summed E-state index contributed by atoms with van der Waals surface area (Å²) in [6.45, 7) is 2.39. The van der Waals surface area contributed by atoms with Crippen molar-refractivity contribution in [2.75, 3.05) is 13.2 Å². The Morgan fingerprint density at radius 1 is 1.00 bits per heavy atom. The van der Waals surface area contributed by atoms with E-state index in [-0.39, 0.29) is 19.6 Å². The van der Waals surface area contributed by atoms with Crippen LogP contribution < -0.4 is 0 Å². The first-order valence-electron chi connectivity index (χ1n) is 6.21. The zero-order valence-corrected chi connectivity index (χ0v) is 11.0. The fourth-order valence-corrected chi connectivity index (χ4v) is 1.25. The Labute approximate surface area is 112 Å². The molecule has 104 valence electrons. The van der Waals surface area contributed by atoms with Gasteiger partial charge in [-0.3, -0.25) is 4.79 Å². The number of benzene rings is 1. The van der Waals surface area contributed by atoms with Crippen molar-refractivity contribution in [2.45, 2.75) is 26.4 Å². The lowest BCUT2D eigenvalue weighted by Gasteiger charge is -2.06. The quantitative estimate of drug-likeness (QED) is 0.710. The van der Waals surface area contributed by atoms with E-state index in [2.05, 4.69) is 4.74 Å². The van der Waals surface area contributed by atoms with Gasteiger partial charge in [0.05, 0.1) is 13.0 Å². The molecule has 0 bridgehead atoms. The highest BCUT2D eigenvalue weighted by Gasteiger charge is 2.07. The molecule has 0 aliphatic rings. The molecule has 0 saturated carbocycles. The molecule has 19 heavy (non-hydrogen) atoms. The van der Waals surface area contributed by atoms with E-state index in [4.69, 9.17) is 9.47 Å². The summed E-state index contributed by atoms with van der Waals surface area (Å²) >= 11 is 0. The standard InChI is InChI=1S/C14H18O5/c1-2-9-17-14(16)18-10-8-13(15)19-11-12-6-4-3-5-7-12/h3-7H,2,8-11H2,1H3. The minimum atomic E-state index is -0.752. The third kappa shape index (κ3) is 7.08. The maximum Gasteiger partial charge on any atom is 0.508 e. The van der Waals surface area contributed by atoms with Crippen molar-refractivity contribution in [3.63, 3.8) is 0 Å². The van der Waals surface area contributed by atoms with Crippen LogP contribution in [0.15, 0.2) is 30.3 Å². The average Bonchev–Trinajstić information content (AvgIpc) is 2.44. The third-order valence-corrected chi connectivity index (χ3v) is 2.19. The fourth-order valence-electron chi connectivity index (χ4n) is 1.25. The van der Waals surface area contributed by atoms with Crippen molar-refractivity contribution in [1.29, 1.82) is 0 Å². The summed E-state index contributed by atoms with van der Waals surface area (Å²) in [5.74, 6) is -0.410. The lowest BCUT2D eigenvalue weighted by atomic mass is 10.2. The number of carbonyl (C=O) groups is 2. The Morgan fingerprint density at radius 2 is 1.68 bits per heavy atom. The predicted octanol–water partition coefficient (Wildman–Crippen LogP) is 2.68. The van der Waals surface area contributed by atoms with Gasteiger partial charge in [0.2, 0.25) is 0 Å². The molecule has 0 unspecified atom stereocenters. The first-order valence-corrected chi connectivity index (χ1v) is 6.21. The zero-order valence-electron chi connectivity index (χ0n) is 11.0. The molecule has 0 heterocycles. The highest BCUT2D eigenvalue weighted by Crippen LogP contribution is 2.02. The van der Waals surface area contributed by atoms with Gasteiger partial charge in [-0.15, -0.1) is 0 Å². The number of carbonyl (C=O) groups excluding carboxylic acids is 2. The summed E-state index contributed by atoms with van der Waals surface area (Å²) in [5, 5.41) is 0. The lowest BCUT2D eigenvalue weighted by molar-refractivity contribution is -0.145. The van der Waals surface area contributed by atoms with Gasteiger partial charge in [-0.05, 0) is 12.0 Å².